The highest BCUT2D eigenvalue weighted by Crippen LogP contribution is 2.27. The molecule has 2 fully saturated rings. The minimum atomic E-state index is -0.799. The first-order valence-corrected chi connectivity index (χ1v) is 7.17. The molecule has 2 N–H and O–H groups in total. The second kappa shape index (κ2) is 5.17. The molecule has 104 valence electrons. The lowest BCUT2D eigenvalue weighted by Gasteiger charge is -2.42. The van der Waals surface area contributed by atoms with E-state index in [4.69, 9.17) is 0 Å². The molecular formula is C14H26N2O2. The fraction of sp³-hybridized carbons (Fsp3) is 0.929. The van der Waals surface area contributed by atoms with Crippen LogP contribution in [0.15, 0.2) is 0 Å². The molecule has 0 radical (unpaired) electrons. The molecule has 3 unspecified atom stereocenters. The topological polar surface area (TPSA) is 52.6 Å². The Balaban J connectivity index is 2.00. The van der Waals surface area contributed by atoms with Crippen LogP contribution in [0.4, 0.5) is 0 Å². The quantitative estimate of drug-likeness (QED) is 0.784. The average Bonchev–Trinajstić information content (AvgIpc) is 3.08. The van der Waals surface area contributed by atoms with Gasteiger partial charge in [-0.15, -0.1) is 0 Å². The lowest BCUT2D eigenvalue weighted by molar-refractivity contribution is -0.145. The van der Waals surface area contributed by atoms with E-state index in [1.165, 1.54) is 12.8 Å². The zero-order chi connectivity index (χ0) is 13.3. The Bertz CT molecular complexity index is 317. The van der Waals surface area contributed by atoms with Gasteiger partial charge in [-0.25, -0.2) is 0 Å². The van der Waals surface area contributed by atoms with Crippen LogP contribution >= 0.6 is 0 Å². The summed E-state index contributed by atoms with van der Waals surface area (Å²) in [6, 6.07) is 0.905. The van der Waals surface area contributed by atoms with E-state index in [9.17, 15) is 9.90 Å². The van der Waals surface area contributed by atoms with Gasteiger partial charge in [-0.3, -0.25) is 15.0 Å². The van der Waals surface area contributed by atoms with Crippen molar-refractivity contribution in [2.45, 2.75) is 64.1 Å². The Morgan fingerprint density at radius 1 is 1.39 bits per heavy atom. The smallest absolute Gasteiger partial charge is 0.324 e. The summed E-state index contributed by atoms with van der Waals surface area (Å²) in [5.41, 5.74) is -0.799. The van der Waals surface area contributed by atoms with Crippen LogP contribution in [0.5, 0.6) is 0 Å². The van der Waals surface area contributed by atoms with E-state index in [1.54, 1.807) is 0 Å². The van der Waals surface area contributed by atoms with E-state index in [0.717, 1.165) is 19.4 Å². The second-order valence-corrected chi connectivity index (χ2v) is 6.39. The number of rotatable bonds is 5. The van der Waals surface area contributed by atoms with Gasteiger partial charge < -0.3 is 5.11 Å². The minimum absolute atomic E-state index is 0.420. The van der Waals surface area contributed by atoms with Gasteiger partial charge in [0.05, 0.1) is 0 Å². The fourth-order valence-corrected chi connectivity index (χ4v) is 2.90. The molecule has 1 saturated heterocycles. The number of nitrogens with one attached hydrogen (secondary N) is 1. The van der Waals surface area contributed by atoms with Crippen LogP contribution < -0.4 is 5.32 Å². The van der Waals surface area contributed by atoms with Crippen LogP contribution in [0.3, 0.4) is 0 Å². The third kappa shape index (κ3) is 3.04. The number of hydrogen-bond donors (Lipinski definition) is 2. The van der Waals surface area contributed by atoms with Gasteiger partial charge in [0.25, 0.3) is 0 Å². The van der Waals surface area contributed by atoms with Crippen LogP contribution in [0.1, 0.15) is 46.5 Å². The van der Waals surface area contributed by atoms with Crippen molar-refractivity contribution < 1.29 is 9.90 Å². The molecule has 3 atom stereocenters. The SMILES string of the molecule is CC1CCCN(CC(C)(NC2CC2)C(=O)O)C1C. The first kappa shape index (κ1) is 13.8. The number of aliphatic carboxylic acids is 1. The lowest BCUT2D eigenvalue weighted by Crippen LogP contribution is -2.60. The van der Waals surface area contributed by atoms with E-state index in [-0.39, 0.29) is 0 Å². The fourth-order valence-electron chi connectivity index (χ4n) is 2.90. The van der Waals surface area contributed by atoms with Gasteiger partial charge in [0.2, 0.25) is 0 Å². The molecule has 0 spiro atoms. The summed E-state index contributed by atoms with van der Waals surface area (Å²) in [4.78, 5) is 13.9. The highest BCUT2D eigenvalue weighted by atomic mass is 16.4. The molecule has 1 saturated carbocycles. The van der Waals surface area contributed by atoms with Gasteiger partial charge in [-0.05, 0) is 52.0 Å². The third-order valence-corrected chi connectivity index (χ3v) is 4.60. The molecule has 0 amide bonds. The summed E-state index contributed by atoms with van der Waals surface area (Å²) >= 11 is 0. The molecule has 0 aromatic heterocycles. The Hall–Kier alpha value is -0.610. The maximum Gasteiger partial charge on any atom is 0.324 e. The van der Waals surface area contributed by atoms with E-state index < -0.39 is 11.5 Å². The molecule has 4 heteroatoms. The summed E-state index contributed by atoms with van der Waals surface area (Å²) in [7, 11) is 0. The molecule has 0 bridgehead atoms. The van der Waals surface area contributed by atoms with Gasteiger partial charge in [-0.2, -0.15) is 0 Å². The van der Waals surface area contributed by atoms with E-state index in [2.05, 4.69) is 24.1 Å². The number of hydrogen-bond acceptors (Lipinski definition) is 3. The predicted molar refractivity (Wildman–Crippen MR) is 71.6 cm³/mol. The van der Waals surface area contributed by atoms with Crippen molar-refractivity contribution >= 4 is 5.97 Å². The Kier molecular flexibility index (Phi) is 3.97. The lowest BCUT2D eigenvalue weighted by atomic mass is 9.90. The molecule has 1 heterocycles. The molecule has 18 heavy (non-hydrogen) atoms. The molecule has 2 aliphatic rings. The molecule has 2 rings (SSSR count). The largest absolute Gasteiger partial charge is 0.480 e. The van der Waals surface area contributed by atoms with Crippen molar-refractivity contribution in [3.63, 3.8) is 0 Å². The normalized spacial score (nSPS) is 33.1. The summed E-state index contributed by atoms with van der Waals surface area (Å²) in [5, 5.41) is 12.8. The van der Waals surface area contributed by atoms with Crippen LogP contribution in [0, 0.1) is 5.92 Å². The maximum absolute atomic E-state index is 11.6. The first-order chi connectivity index (χ1) is 8.42. The van der Waals surface area contributed by atoms with Crippen molar-refractivity contribution in [3.05, 3.63) is 0 Å². The van der Waals surface area contributed by atoms with Gasteiger partial charge in [0.15, 0.2) is 0 Å². The predicted octanol–water partition coefficient (Wildman–Crippen LogP) is 1.70. The number of carboxylic acid groups (broad SMARTS) is 1. The Morgan fingerprint density at radius 2 is 2.06 bits per heavy atom. The molecular weight excluding hydrogens is 228 g/mol. The van der Waals surface area contributed by atoms with E-state index >= 15 is 0 Å². The molecule has 0 aromatic rings. The van der Waals surface area contributed by atoms with Crippen molar-refractivity contribution in [3.8, 4) is 0 Å². The van der Waals surface area contributed by atoms with Gasteiger partial charge in [0, 0.05) is 18.6 Å². The summed E-state index contributed by atoms with van der Waals surface area (Å²) in [5.74, 6) is -0.0578. The first-order valence-electron chi connectivity index (χ1n) is 7.17. The van der Waals surface area contributed by atoms with Crippen molar-refractivity contribution in [1.82, 2.24) is 10.2 Å². The average molecular weight is 254 g/mol. The number of likely N-dealkylation sites (tertiary alicyclic amines) is 1. The molecule has 1 aliphatic heterocycles. The van der Waals surface area contributed by atoms with Crippen molar-refractivity contribution in [2.75, 3.05) is 13.1 Å². The number of piperidine rings is 1. The molecule has 1 aliphatic carbocycles. The summed E-state index contributed by atoms with van der Waals surface area (Å²) in [6.07, 6.45) is 4.69. The van der Waals surface area contributed by atoms with Crippen LogP contribution in [0.25, 0.3) is 0 Å². The van der Waals surface area contributed by atoms with E-state index in [0.29, 0.717) is 24.5 Å². The third-order valence-electron chi connectivity index (χ3n) is 4.60. The molecule has 4 nitrogen and oxygen atoms in total. The van der Waals surface area contributed by atoms with Crippen molar-refractivity contribution in [1.29, 1.82) is 0 Å². The van der Waals surface area contributed by atoms with Gasteiger partial charge in [0.1, 0.15) is 5.54 Å². The zero-order valence-electron chi connectivity index (χ0n) is 11.8. The summed E-state index contributed by atoms with van der Waals surface area (Å²) in [6.45, 7) is 7.97. The minimum Gasteiger partial charge on any atom is -0.480 e. The standard InChI is InChI=1S/C14H26N2O2/c1-10-5-4-8-16(11(10)2)9-14(3,13(17)18)15-12-6-7-12/h10-12,15H,4-9H2,1-3H3,(H,17,18). The van der Waals surface area contributed by atoms with E-state index in [1.807, 2.05) is 6.92 Å². The molecule has 0 aromatic carbocycles. The number of nitrogens with zero attached hydrogens (tertiary/aromatic N) is 1. The second-order valence-electron chi connectivity index (χ2n) is 6.39. The van der Waals surface area contributed by atoms with Gasteiger partial charge in [-0.1, -0.05) is 6.92 Å². The summed E-state index contributed by atoms with van der Waals surface area (Å²) < 4.78 is 0. The number of carbonyl (C=O) groups is 1. The highest BCUT2D eigenvalue weighted by molar-refractivity contribution is 5.78. The van der Waals surface area contributed by atoms with Crippen molar-refractivity contribution in [2.24, 2.45) is 5.92 Å². The van der Waals surface area contributed by atoms with Crippen LogP contribution in [-0.4, -0.2) is 46.7 Å². The maximum atomic E-state index is 11.6. The Labute approximate surface area is 110 Å². The van der Waals surface area contributed by atoms with Crippen LogP contribution in [-0.2, 0) is 4.79 Å². The monoisotopic (exact) mass is 254 g/mol. The van der Waals surface area contributed by atoms with Crippen LogP contribution in [0.2, 0.25) is 0 Å². The number of carboxylic acids is 1. The highest BCUT2D eigenvalue weighted by Gasteiger charge is 2.41. The van der Waals surface area contributed by atoms with Gasteiger partial charge >= 0.3 is 5.97 Å². The Morgan fingerprint density at radius 3 is 2.61 bits per heavy atom. The zero-order valence-corrected chi connectivity index (χ0v) is 11.8.